The molecule has 0 saturated carbocycles. The highest BCUT2D eigenvalue weighted by atomic mass is 16.5. The molecule has 0 radical (unpaired) electrons. The number of carbonyl (C=O) groups is 1. The van der Waals surface area contributed by atoms with Gasteiger partial charge in [0.1, 0.15) is 5.75 Å². The maximum atomic E-state index is 11.0. The number of rotatable bonds is 4. The second-order valence-corrected chi connectivity index (χ2v) is 2.71. The molecular formula is C11H13NO3. The summed E-state index contributed by atoms with van der Waals surface area (Å²) in [6.07, 6.45) is 4.53. The number of hydrogen-bond donors (Lipinski definition) is 0. The zero-order chi connectivity index (χ0) is 11.1. The number of pyridine rings is 1. The van der Waals surface area contributed by atoms with Gasteiger partial charge in [-0.05, 0) is 25.1 Å². The van der Waals surface area contributed by atoms with Gasteiger partial charge in [-0.25, -0.2) is 4.79 Å². The lowest BCUT2D eigenvalue weighted by Crippen LogP contribution is -1.98. The Labute approximate surface area is 88.5 Å². The van der Waals surface area contributed by atoms with Gasteiger partial charge in [0.2, 0.25) is 0 Å². The lowest BCUT2D eigenvalue weighted by Gasteiger charge is -1.98. The summed E-state index contributed by atoms with van der Waals surface area (Å²) in [7, 11) is 1.57. The van der Waals surface area contributed by atoms with Crippen molar-refractivity contribution in [3.8, 4) is 5.75 Å². The van der Waals surface area contributed by atoms with Crippen LogP contribution < -0.4 is 4.74 Å². The Morgan fingerprint density at radius 3 is 2.87 bits per heavy atom. The minimum atomic E-state index is -0.366. The molecule has 0 amide bonds. The molecule has 0 aliphatic rings. The number of hydrogen-bond acceptors (Lipinski definition) is 4. The smallest absolute Gasteiger partial charge is 0.330 e. The molecular weight excluding hydrogens is 194 g/mol. The molecule has 1 aromatic heterocycles. The molecule has 0 saturated heterocycles. The number of ether oxygens (including phenoxy) is 2. The third-order valence-corrected chi connectivity index (χ3v) is 1.67. The highest BCUT2D eigenvalue weighted by Gasteiger charge is 1.95. The summed E-state index contributed by atoms with van der Waals surface area (Å²) in [5.74, 6) is 0.318. The number of carbonyl (C=O) groups excluding carboxylic acids is 1. The van der Waals surface area contributed by atoms with E-state index in [1.165, 1.54) is 6.08 Å². The predicted molar refractivity (Wildman–Crippen MR) is 56.5 cm³/mol. The summed E-state index contributed by atoms with van der Waals surface area (Å²) in [6.45, 7) is 2.14. The molecule has 0 N–H and O–H groups in total. The zero-order valence-corrected chi connectivity index (χ0v) is 8.77. The first-order valence-electron chi connectivity index (χ1n) is 4.61. The molecule has 80 valence electrons. The Hall–Kier alpha value is -1.84. The molecule has 0 fully saturated rings. The molecule has 4 heteroatoms. The van der Waals surface area contributed by atoms with E-state index in [9.17, 15) is 4.79 Å². The molecule has 0 aliphatic carbocycles. The molecule has 0 atom stereocenters. The van der Waals surface area contributed by atoms with Gasteiger partial charge in [0, 0.05) is 6.08 Å². The Morgan fingerprint density at radius 2 is 2.33 bits per heavy atom. The summed E-state index contributed by atoms with van der Waals surface area (Å²) >= 11 is 0. The molecule has 0 aliphatic heterocycles. The fraction of sp³-hybridized carbons (Fsp3) is 0.273. The quantitative estimate of drug-likeness (QED) is 0.556. The van der Waals surface area contributed by atoms with E-state index < -0.39 is 0 Å². The van der Waals surface area contributed by atoms with Crippen LogP contribution in [0.1, 0.15) is 12.6 Å². The largest absolute Gasteiger partial charge is 0.495 e. The van der Waals surface area contributed by atoms with Crippen molar-refractivity contribution in [2.45, 2.75) is 6.92 Å². The van der Waals surface area contributed by atoms with E-state index in [1.807, 2.05) is 0 Å². The van der Waals surface area contributed by atoms with Gasteiger partial charge in [-0.2, -0.15) is 0 Å². The average molecular weight is 207 g/mol. The summed E-state index contributed by atoms with van der Waals surface area (Å²) in [6, 6.07) is 3.53. The summed E-state index contributed by atoms with van der Waals surface area (Å²) in [4.78, 5) is 15.0. The standard InChI is InChI=1S/C11H13NO3/c1-3-15-11(13)7-5-9-4-6-10(14-2)8-12-9/h4-8H,3H2,1-2H3/b7-5+. The van der Waals surface area contributed by atoms with Crippen molar-refractivity contribution in [2.75, 3.05) is 13.7 Å². The first kappa shape index (κ1) is 11.2. The van der Waals surface area contributed by atoms with E-state index in [4.69, 9.17) is 9.47 Å². The fourth-order valence-electron chi connectivity index (χ4n) is 0.955. The van der Waals surface area contributed by atoms with Crippen molar-refractivity contribution in [3.05, 3.63) is 30.1 Å². The fourth-order valence-corrected chi connectivity index (χ4v) is 0.955. The predicted octanol–water partition coefficient (Wildman–Crippen LogP) is 1.67. The van der Waals surface area contributed by atoms with Gasteiger partial charge >= 0.3 is 5.97 Å². The average Bonchev–Trinajstić information content (AvgIpc) is 2.27. The number of methoxy groups -OCH3 is 1. The third-order valence-electron chi connectivity index (χ3n) is 1.67. The monoisotopic (exact) mass is 207 g/mol. The van der Waals surface area contributed by atoms with Crippen molar-refractivity contribution in [1.82, 2.24) is 4.98 Å². The van der Waals surface area contributed by atoms with Gasteiger partial charge in [0.25, 0.3) is 0 Å². The van der Waals surface area contributed by atoms with Crippen LogP contribution in [0, 0.1) is 0 Å². The van der Waals surface area contributed by atoms with Crippen LogP contribution in [0.15, 0.2) is 24.4 Å². The van der Waals surface area contributed by atoms with Crippen molar-refractivity contribution in [2.24, 2.45) is 0 Å². The van der Waals surface area contributed by atoms with Gasteiger partial charge in [0.05, 0.1) is 25.6 Å². The van der Waals surface area contributed by atoms with Crippen LogP contribution in [-0.4, -0.2) is 24.7 Å². The Bertz CT molecular complexity index is 343. The maximum Gasteiger partial charge on any atom is 0.330 e. The van der Waals surface area contributed by atoms with Gasteiger partial charge in [-0.15, -0.1) is 0 Å². The van der Waals surface area contributed by atoms with Crippen LogP contribution in [0.3, 0.4) is 0 Å². The van der Waals surface area contributed by atoms with Crippen LogP contribution in [0.2, 0.25) is 0 Å². The van der Waals surface area contributed by atoms with Gasteiger partial charge in [0.15, 0.2) is 0 Å². The highest BCUT2D eigenvalue weighted by Crippen LogP contribution is 2.08. The summed E-state index contributed by atoms with van der Waals surface area (Å²) < 4.78 is 9.69. The van der Waals surface area contributed by atoms with Crippen molar-refractivity contribution in [1.29, 1.82) is 0 Å². The molecule has 0 spiro atoms. The maximum absolute atomic E-state index is 11.0. The lowest BCUT2D eigenvalue weighted by molar-refractivity contribution is -0.137. The first-order chi connectivity index (χ1) is 7.26. The molecule has 0 unspecified atom stereocenters. The summed E-state index contributed by atoms with van der Waals surface area (Å²) in [5.41, 5.74) is 0.684. The van der Waals surface area contributed by atoms with E-state index in [0.29, 0.717) is 18.1 Å². The summed E-state index contributed by atoms with van der Waals surface area (Å²) in [5, 5.41) is 0. The minimum Gasteiger partial charge on any atom is -0.495 e. The lowest BCUT2D eigenvalue weighted by atomic mass is 10.3. The van der Waals surface area contributed by atoms with E-state index in [-0.39, 0.29) is 5.97 Å². The Kier molecular flexibility index (Phi) is 4.34. The zero-order valence-electron chi connectivity index (χ0n) is 8.77. The SMILES string of the molecule is CCOC(=O)/C=C/c1ccc(OC)cn1. The van der Waals surface area contributed by atoms with E-state index in [0.717, 1.165) is 0 Å². The van der Waals surface area contributed by atoms with E-state index in [2.05, 4.69) is 4.98 Å². The van der Waals surface area contributed by atoms with Crippen LogP contribution >= 0.6 is 0 Å². The second kappa shape index (κ2) is 5.80. The highest BCUT2D eigenvalue weighted by molar-refractivity contribution is 5.86. The van der Waals surface area contributed by atoms with Crippen molar-refractivity contribution in [3.63, 3.8) is 0 Å². The van der Waals surface area contributed by atoms with Crippen LogP contribution in [0.25, 0.3) is 6.08 Å². The first-order valence-corrected chi connectivity index (χ1v) is 4.61. The number of aromatic nitrogens is 1. The topological polar surface area (TPSA) is 48.4 Å². The van der Waals surface area contributed by atoms with E-state index in [1.54, 1.807) is 38.4 Å². The number of nitrogens with zero attached hydrogens (tertiary/aromatic N) is 1. The molecule has 0 bridgehead atoms. The third kappa shape index (κ3) is 3.81. The Balaban J connectivity index is 2.60. The van der Waals surface area contributed by atoms with E-state index >= 15 is 0 Å². The molecule has 1 rings (SSSR count). The van der Waals surface area contributed by atoms with Crippen molar-refractivity contribution < 1.29 is 14.3 Å². The normalized spacial score (nSPS) is 10.3. The Morgan fingerprint density at radius 1 is 1.53 bits per heavy atom. The molecule has 1 heterocycles. The van der Waals surface area contributed by atoms with Crippen LogP contribution in [-0.2, 0) is 9.53 Å². The van der Waals surface area contributed by atoms with Crippen LogP contribution in [0.5, 0.6) is 5.75 Å². The minimum absolute atomic E-state index is 0.366. The molecule has 15 heavy (non-hydrogen) atoms. The molecule has 1 aromatic rings. The molecule has 4 nitrogen and oxygen atoms in total. The van der Waals surface area contributed by atoms with Crippen molar-refractivity contribution >= 4 is 12.0 Å². The van der Waals surface area contributed by atoms with Gasteiger partial charge in [-0.3, -0.25) is 4.98 Å². The molecule has 0 aromatic carbocycles. The van der Waals surface area contributed by atoms with Gasteiger partial charge < -0.3 is 9.47 Å². The van der Waals surface area contributed by atoms with Gasteiger partial charge in [-0.1, -0.05) is 0 Å². The number of esters is 1. The van der Waals surface area contributed by atoms with Crippen LogP contribution in [0.4, 0.5) is 0 Å². The second-order valence-electron chi connectivity index (χ2n) is 2.71.